The van der Waals surface area contributed by atoms with Gasteiger partial charge in [-0.3, -0.25) is 10.1 Å². The van der Waals surface area contributed by atoms with Crippen molar-refractivity contribution in [3.63, 3.8) is 0 Å². The Hall–Kier alpha value is -2.09. The van der Waals surface area contributed by atoms with Crippen molar-refractivity contribution < 1.29 is 4.92 Å². The smallest absolute Gasteiger partial charge is 0.293 e. The number of hydrogen-bond acceptors (Lipinski definition) is 4. The number of anilines is 1. The van der Waals surface area contributed by atoms with Gasteiger partial charge in [-0.2, -0.15) is 5.26 Å². The van der Waals surface area contributed by atoms with Gasteiger partial charge in [-0.15, -0.1) is 0 Å². The number of benzene rings is 1. The average molecular weight is 203 g/mol. The summed E-state index contributed by atoms with van der Waals surface area (Å²) in [6.07, 6.45) is 1.07. The van der Waals surface area contributed by atoms with E-state index in [1.54, 1.807) is 12.1 Å². The molecule has 5 heteroatoms. The highest BCUT2D eigenvalue weighted by molar-refractivity contribution is 5.66. The minimum Gasteiger partial charge on any atom is -0.366 e. The van der Waals surface area contributed by atoms with Crippen molar-refractivity contribution >= 4 is 11.4 Å². The van der Waals surface area contributed by atoms with Gasteiger partial charge < -0.3 is 4.90 Å². The van der Waals surface area contributed by atoms with E-state index < -0.39 is 4.92 Å². The summed E-state index contributed by atoms with van der Waals surface area (Å²) in [6.45, 7) is 1.71. The maximum absolute atomic E-state index is 10.8. The van der Waals surface area contributed by atoms with Crippen molar-refractivity contribution in [2.24, 2.45) is 0 Å². The van der Waals surface area contributed by atoms with Gasteiger partial charge in [0.25, 0.3) is 5.69 Å². The maximum atomic E-state index is 10.8. The molecule has 0 aliphatic carbocycles. The predicted octanol–water partition coefficient (Wildman–Crippen LogP) is 1.68. The molecule has 5 nitrogen and oxygen atoms in total. The summed E-state index contributed by atoms with van der Waals surface area (Å²) >= 11 is 0. The summed E-state index contributed by atoms with van der Waals surface area (Å²) in [5.74, 6) is 0. The molecule has 0 bridgehead atoms. The lowest BCUT2D eigenvalue weighted by Crippen LogP contribution is -2.37. The lowest BCUT2D eigenvalue weighted by Gasteiger charge is -2.32. The van der Waals surface area contributed by atoms with E-state index in [1.807, 2.05) is 11.0 Å². The molecule has 0 N–H and O–H groups in total. The number of nitro benzene ring substituents is 1. The molecule has 2 rings (SSSR count). The fourth-order valence-corrected chi connectivity index (χ4v) is 1.56. The summed E-state index contributed by atoms with van der Waals surface area (Å²) in [4.78, 5) is 12.3. The molecule has 0 aromatic heterocycles. The molecule has 15 heavy (non-hydrogen) atoms. The van der Waals surface area contributed by atoms with Crippen molar-refractivity contribution in [2.45, 2.75) is 6.42 Å². The Bertz CT molecular complexity index is 446. The largest absolute Gasteiger partial charge is 0.366 e. The van der Waals surface area contributed by atoms with Crippen LogP contribution < -0.4 is 4.90 Å². The second kappa shape index (κ2) is 3.58. The molecule has 1 aliphatic rings. The first-order chi connectivity index (χ1) is 7.22. The van der Waals surface area contributed by atoms with Gasteiger partial charge in [-0.1, -0.05) is 0 Å². The highest BCUT2D eigenvalue weighted by atomic mass is 16.6. The monoisotopic (exact) mass is 203 g/mol. The van der Waals surface area contributed by atoms with Crippen LogP contribution in [0, 0.1) is 21.4 Å². The molecule has 76 valence electrons. The van der Waals surface area contributed by atoms with E-state index in [-0.39, 0.29) is 5.69 Å². The summed E-state index contributed by atoms with van der Waals surface area (Å²) in [5, 5.41) is 19.5. The zero-order valence-corrected chi connectivity index (χ0v) is 8.01. The SMILES string of the molecule is N#Cc1ccc(N2CCC2)c([N+](=O)[O-])c1. The average Bonchev–Trinajstić information content (AvgIpc) is 2.15. The normalized spacial score (nSPS) is 14.2. The third kappa shape index (κ3) is 1.62. The van der Waals surface area contributed by atoms with Gasteiger partial charge in [0.2, 0.25) is 0 Å². The van der Waals surface area contributed by atoms with Gasteiger partial charge in [-0.05, 0) is 18.6 Å². The van der Waals surface area contributed by atoms with E-state index in [4.69, 9.17) is 5.26 Å². The molecule has 1 saturated heterocycles. The fourth-order valence-electron chi connectivity index (χ4n) is 1.56. The van der Waals surface area contributed by atoms with E-state index >= 15 is 0 Å². The second-order valence-electron chi connectivity index (χ2n) is 3.41. The van der Waals surface area contributed by atoms with Crippen LogP contribution in [0.4, 0.5) is 11.4 Å². The molecular weight excluding hydrogens is 194 g/mol. The fraction of sp³-hybridized carbons (Fsp3) is 0.300. The first-order valence-corrected chi connectivity index (χ1v) is 4.66. The number of nitro groups is 1. The molecular formula is C10H9N3O2. The molecule has 1 aromatic rings. The molecule has 1 fully saturated rings. The highest BCUT2D eigenvalue weighted by Crippen LogP contribution is 2.31. The van der Waals surface area contributed by atoms with Crippen LogP contribution in [-0.4, -0.2) is 18.0 Å². The van der Waals surface area contributed by atoms with Crippen molar-refractivity contribution in [3.05, 3.63) is 33.9 Å². The summed E-state index contributed by atoms with van der Waals surface area (Å²) in [5.41, 5.74) is 0.963. The quantitative estimate of drug-likeness (QED) is 0.541. The van der Waals surface area contributed by atoms with Crippen LogP contribution in [0.15, 0.2) is 18.2 Å². The van der Waals surface area contributed by atoms with Crippen LogP contribution in [0.25, 0.3) is 0 Å². The van der Waals surface area contributed by atoms with E-state index in [0.717, 1.165) is 19.5 Å². The van der Waals surface area contributed by atoms with Gasteiger partial charge in [0.05, 0.1) is 16.6 Å². The Labute approximate surface area is 86.7 Å². The standard InChI is InChI=1S/C10H9N3O2/c11-7-8-2-3-9(12-4-1-5-12)10(6-8)13(14)15/h2-3,6H,1,4-5H2. The Morgan fingerprint density at radius 1 is 1.47 bits per heavy atom. The van der Waals surface area contributed by atoms with Crippen molar-refractivity contribution in [1.82, 2.24) is 0 Å². The Balaban J connectivity index is 2.45. The molecule has 1 heterocycles. The van der Waals surface area contributed by atoms with Crippen LogP contribution in [-0.2, 0) is 0 Å². The zero-order valence-electron chi connectivity index (χ0n) is 8.01. The predicted molar refractivity (Wildman–Crippen MR) is 54.6 cm³/mol. The van der Waals surface area contributed by atoms with Crippen LogP contribution >= 0.6 is 0 Å². The van der Waals surface area contributed by atoms with Gasteiger partial charge in [-0.25, -0.2) is 0 Å². The van der Waals surface area contributed by atoms with Crippen LogP contribution in [0.3, 0.4) is 0 Å². The van der Waals surface area contributed by atoms with Crippen molar-refractivity contribution in [1.29, 1.82) is 5.26 Å². The first-order valence-electron chi connectivity index (χ1n) is 4.66. The number of hydrogen-bond donors (Lipinski definition) is 0. The molecule has 0 radical (unpaired) electrons. The number of rotatable bonds is 2. The molecule has 1 aromatic carbocycles. The lowest BCUT2D eigenvalue weighted by molar-refractivity contribution is -0.384. The highest BCUT2D eigenvalue weighted by Gasteiger charge is 2.23. The summed E-state index contributed by atoms with van der Waals surface area (Å²) in [6, 6.07) is 6.49. The third-order valence-electron chi connectivity index (χ3n) is 2.50. The Kier molecular flexibility index (Phi) is 2.26. The zero-order chi connectivity index (χ0) is 10.8. The molecule has 0 atom stereocenters. The van der Waals surface area contributed by atoms with E-state index in [0.29, 0.717) is 11.3 Å². The van der Waals surface area contributed by atoms with Crippen LogP contribution in [0.1, 0.15) is 12.0 Å². The van der Waals surface area contributed by atoms with Crippen LogP contribution in [0.2, 0.25) is 0 Å². The minimum absolute atomic E-state index is 0.0220. The topological polar surface area (TPSA) is 70.2 Å². The number of nitrogens with zero attached hydrogens (tertiary/aromatic N) is 3. The van der Waals surface area contributed by atoms with Gasteiger partial charge in [0.1, 0.15) is 5.69 Å². The van der Waals surface area contributed by atoms with Gasteiger partial charge >= 0.3 is 0 Å². The maximum Gasteiger partial charge on any atom is 0.293 e. The Morgan fingerprint density at radius 2 is 2.20 bits per heavy atom. The number of nitriles is 1. The molecule has 0 unspecified atom stereocenters. The summed E-state index contributed by atoms with van der Waals surface area (Å²) < 4.78 is 0. The first kappa shape index (κ1) is 9.46. The molecule has 0 saturated carbocycles. The minimum atomic E-state index is -0.436. The Morgan fingerprint density at radius 3 is 2.67 bits per heavy atom. The lowest BCUT2D eigenvalue weighted by atomic mass is 10.1. The van der Waals surface area contributed by atoms with Gasteiger partial charge in [0, 0.05) is 19.2 Å². The van der Waals surface area contributed by atoms with Crippen LogP contribution in [0.5, 0.6) is 0 Å². The molecule has 0 amide bonds. The summed E-state index contributed by atoms with van der Waals surface area (Å²) in [7, 11) is 0. The van der Waals surface area contributed by atoms with E-state index in [2.05, 4.69) is 0 Å². The van der Waals surface area contributed by atoms with Crippen molar-refractivity contribution in [3.8, 4) is 6.07 Å². The second-order valence-corrected chi connectivity index (χ2v) is 3.41. The van der Waals surface area contributed by atoms with Gasteiger partial charge in [0.15, 0.2) is 0 Å². The van der Waals surface area contributed by atoms with E-state index in [1.165, 1.54) is 6.07 Å². The molecule has 0 spiro atoms. The van der Waals surface area contributed by atoms with E-state index in [9.17, 15) is 10.1 Å². The van der Waals surface area contributed by atoms with Crippen molar-refractivity contribution in [2.75, 3.05) is 18.0 Å². The molecule has 1 aliphatic heterocycles. The third-order valence-corrected chi connectivity index (χ3v) is 2.50.